The second kappa shape index (κ2) is 9.96. The first-order chi connectivity index (χ1) is 20.3. The molecule has 1 atom stereocenters. The predicted octanol–water partition coefficient (Wildman–Crippen LogP) is 10.6. The van der Waals surface area contributed by atoms with Gasteiger partial charge in [0.05, 0.1) is 11.2 Å². The number of hydrogen-bond donors (Lipinski definition) is 1. The molecular formula is C38H26N2S. The zero-order valence-corrected chi connectivity index (χ0v) is 23.1. The minimum absolute atomic E-state index is 0.250. The Hall–Kier alpha value is -4.86. The Morgan fingerprint density at radius 2 is 1.17 bits per heavy atom. The van der Waals surface area contributed by atoms with Crippen molar-refractivity contribution < 1.29 is 0 Å². The van der Waals surface area contributed by atoms with Gasteiger partial charge in [0.15, 0.2) is 0 Å². The molecule has 6 aromatic carbocycles. The summed E-state index contributed by atoms with van der Waals surface area (Å²) in [5, 5.41) is 7.49. The van der Waals surface area contributed by atoms with Gasteiger partial charge >= 0.3 is 0 Å². The number of hydrogen-bond acceptors (Lipinski definition) is 3. The number of nitrogens with one attached hydrogen (secondary N) is 1. The lowest BCUT2D eigenvalue weighted by atomic mass is 9.92. The fourth-order valence-corrected chi connectivity index (χ4v) is 7.03. The van der Waals surface area contributed by atoms with Gasteiger partial charge in [-0.2, -0.15) is 0 Å². The van der Waals surface area contributed by atoms with E-state index in [9.17, 15) is 0 Å². The Morgan fingerprint density at radius 3 is 1.98 bits per heavy atom. The van der Waals surface area contributed by atoms with Crippen molar-refractivity contribution in [2.45, 2.75) is 10.3 Å². The summed E-state index contributed by atoms with van der Waals surface area (Å²) in [6.07, 6.45) is 0. The van der Waals surface area contributed by atoms with Crippen molar-refractivity contribution in [2.24, 2.45) is 0 Å². The molecule has 1 aromatic heterocycles. The number of thioether (sulfide) groups is 1. The highest BCUT2D eigenvalue weighted by atomic mass is 32.2. The largest absolute Gasteiger partial charge is 0.368 e. The highest BCUT2D eigenvalue weighted by Crippen LogP contribution is 2.46. The van der Waals surface area contributed by atoms with Gasteiger partial charge in [0.2, 0.25) is 0 Å². The molecule has 0 radical (unpaired) electrons. The maximum Gasteiger partial charge on any atom is 0.103 e. The van der Waals surface area contributed by atoms with Crippen LogP contribution in [0.4, 0.5) is 5.69 Å². The molecule has 1 aliphatic heterocycles. The molecule has 1 unspecified atom stereocenters. The molecular weight excluding hydrogens is 516 g/mol. The molecule has 2 nitrogen and oxygen atoms in total. The fourth-order valence-electron chi connectivity index (χ4n) is 5.89. The number of fused-ring (bicyclic) bond motifs is 4. The normalized spacial score (nSPS) is 14.2. The molecule has 0 aliphatic carbocycles. The summed E-state index contributed by atoms with van der Waals surface area (Å²) in [6.45, 7) is 0. The summed E-state index contributed by atoms with van der Waals surface area (Å²) in [4.78, 5) is 6.41. The lowest BCUT2D eigenvalue weighted by molar-refractivity contribution is 1.13. The molecule has 0 spiro atoms. The third-order valence-corrected chi connectivity index (χ3v) is 9.17. The molecule has 0 saturated heterocycles. The van der Waals surface area contributed by atoms with Crippen LogP contribution in [0.15, 0.2) is 150 Å². The molecule has 41 heavy (non-hydrogen) atoms. The summed E-state index contributed by atoms with van der Waals surface area (Å²) < 4.78 is 0. The van der Waals surface area contributed by atoms with Crippen LogP contribution >= 0.6 is 11.8 Å². The van der Waals surface area contributed by atoms with Crippen molar-refractivity contribution in [1.29, 1.82) is 0 Å². The van der Waals surface area contributed by atoms with Crippen LogP contribution in [0.5, 0.6) is 0 Å². The summed E-state index contributed by atoms with van der Waals surface area (Å²) in [7, 11) is 0. The molecule has 1 aliphatic rings. The third-order valence-electron chi connectivity index (χ3n) is 7.93. The van der Waals surface area contributed by atoms with Gasteiger partial charge in [-0.1, -0.05) is 139 Å². The SMILES string of the molecule is c1ccc(-c2nc3ccccc3c3c(-c4ccc(-c5ccc(C6Nc7ccccc7S6)cc5)cc4)cccc23)cc1. The maximum absolute atomic E-state index is 5.10. The highest BCUT2D eigenvalue weighted by molar-refractivity contribution is 8.00. The number of benzene rings is 6. The van der Waals surface area contributed by atoms with Crippen molar-refractivity contribution in [2.75, 3.05) is 5.32 Å². The average molecular weight is 543 g/mol. The maximum atomic E-state index is 5.10. The molecule has 8 rings (SSSR count). The van der Waals surface area contributed by atoms with Crippen molar-refractivity contribution in [3.8, 4) is 33.5 Å². The van der Waals surface area contributed by atoms with Crippen molar-refractivity contribution in [3.05, 3.63) is 151 Å². The number of para-hydroxylation sites is 2. The lowest BCUT2D eigenvalue weighted by Crippen LogP contribution is -2.00. The van der Waals surface area contributed by atoms with Crippen LogP contribution in [0.3, 0.4) is 0 Å². The molecule has 0 saturated carbocycles. The Morgan fingerprint density at radius 1 is 0.512 bits per heavy atom. The van der Waals surface area contributed by atoms with Gasteiger partial charge in [0, 0.05) is 32.3 Å². The van der Waals surface area contributed by atoms with Gasteiger partial charge in [-0.05, 0) is 46.0 Å². The summed E-state index contributed by atoms with van der Waals surface area (Å²) >= 11 is 1.88. The second-order valence-corrected chi connectivity index (χ2v) is 11.6. The average Bonchev–Trinajstić information content (AvgIpc) is 3.49. The topological polar surface area (TPSA) is 24.9 Å². The van der Waals surface area contributed by atoms with Crippen LogP contribution in [-0.4, -0.2) is 4.98 Å². The van der Waals surface area contributed by atoms with E-state index >= 15 is 0 Å². The van der Waals surface area contributed by atoms with Crippen LogP contribution in [0.25, 0.3) is 55.2 Å². The van der Waals surface area contributed by atoms with Crippen LogP contribution in [0, 0.1) is 0 Å². The Bertz CT molecular complexity index is 2010. The quantitative estimate of drug-likeness (QED) is 0.224. The summed E-state index contributed by atoms with van der Waals surface area (Å²) in [5.41, 5.74) is 10.5. The second-order valence-electron chi connectivity index (χ2n) is 10.4. The van der Waals surface area contributed by atoms with E-state index in [1.54, 1.807) is 0 Å². The Balaban J connectivity index is 1.16. The van der Waals surface area contributed by atoms with Gasteiger partial charge < -0.3 is 5.32 Å². The van der Waals surface area contributed by atoms with E-state index in [2.05, 4.69) is 151 Å². The molecule has 7 aromatic rings. The van der Waals surface area contributed by atoms with Crippen LogP contribution in [0.1, 0.15) is 10.9 Å². The van der Waals surface area contributed by atoms with E-state index in [1.807, 2.05) is 11.8 Å². The number of nitrogens with zero attached hydrogens (tertiary/aromatic N) is 1. The first kappa shape index (κ1) is 24.0. The van der Waals surface area contributed by atoms with Crippen molar-refractivity contribution >= 4 is 39.1 Å². The summed E-state index contributed by atoms with van der Waals surface area (Å²) in [6, 6.07) is 52.0. The lowest BCUT2D eigenvalue weighted by Gasteiger charge is -2.15. The monoisotopic (exact) mass is 542 g/mol. The molecule has 2 heterocycles. The molecule has 194 valence electrons. The fraction of sp³-hybridized carbons (Fsp3) is 0.0263. The third kappa shape index (κ3) is 4.26. The van der Waals surface area contributed by atoms with Crippen molar-refractivity contribution in [1.82, 2.24) is 4.98 Å². The standard InChI is InChI=1S/C38H26N2S/c1-2-9-28(10-3-1)37-32-13-8-12-30(36(32)31-11-4-5-14-33(31)39-37)27-21-17-25(18-22-27)26-19-23-29(24-20-26)38-40-34-15-6-7-16-35(34)41-38/h1-24,38,40H. The predicted molar refractivity (Wildman–Crippen MR) is 174 cm³/mol. The van der Waals surface area contributed by atoms with E-state index in [0.29, 0.717) is 0 Å². The number of aromatic nitrogens is 1. The molecule has 1 N–H and O–H groups in total. The zero-order valence-electron chi connectivity index (χ0n) is 22.3. The van der Waals surface area contributed by atoms with Gasteiger partial charge in [0.1, 0.15) is 5.37 Å². The minimum Gasteiger partial charge on any atom is -0.368 e. The first-order valence-electron chi connectivity index (χ1n) is 13.9. The molecule has 3 heteroatoms. The van der Waals surface area contributed by atoms with E-state index in [4.69, 9.17) is 4.98 Å². The van der Waals surface area contributed by atoms with Gasteiger partial charge in [0.25, 0.3) is 0 Å². The summed E-state index contributed by atoms with van der Waals surface area (Å²) in [5.74, 6) is 0. The highest BCUT2D eigenvalue weighted by Gasteiger charge is 2.22. The van der Waals surface area contributed by atoms with Gasteiger partial charge in [-0.3, -0.25) is 0 Å². The van der Waals surface area contributed by atoms with E-state index in [-0.39, 0.29) is 5.37 Å². The molecule has 0 bridgehead atoms. The molecule has 0 fully saturated rings. The zero-order chi connectivity index (χ0) is 27.2. The minimum atomic E-state index is 0.250. The Kier molecular flexibility index (Phi) is 5.82. The number of rotatable bonds is 4. The van der Waals surface area contributed by atoms with Crippen LogP contribution < -0.4 is 5.32 Å². The van der Waals surface area contributed by atoms with E-state index in [0.717, 1.165) is 16.8 Å². The van der Waals surface area contributed by atoms with Crippen molar-refractivity contribution in [3.63, 3.8) is 0 Å². The van der Waals surface area contributed by atoms with Gasteiger partial charge in [-0.25, -0.2) is 4.98 Å². The van der Waals surface area contributed by atoms with E-state index in [1.165, 1.54) is 54.6 Å². The van der Waals surface area contributed by atoms with E-state index < -0.39 is 0 Å². The Labute approximate surface area is 243 Å². The van der Waals surface area contributed by atoms with Crippen LogP contribution in [0.2, 0.25) is 0 Å². The van der Waals surface area contributed by atoms with Gasteiger partial charge in [-0.15, -0.1) is 0 Å². The molecule has 0 amide bonds. The van der Waals surface area contributed by atoms with Crippen LogP contribution in [-0.2, 0) is 0 Å². The number of anilines is 1. The number of pyridine rings is 1. The first-order valence-corrected chi connectivity index (χ1v) is 14.8. The smallest absolute Gasteiger partial charge is 0.103 e.